The molecule has 0 amide bonds. The molecule has 3 aliphatic rings. The fraction of sp³-hybridized carbons (Fsp3) is 0.500. The number of nitrogens with two attached hydrogens (primary N) is 1. The first-order valence-electron chi connectivity index (χ1n) is 13.4. The third-order valence-corrected chi connectivity index (χ3v) is 10.4. The van der Waals surface area contributed by atoms with Crippen molar-refractivity contribution in [2.75, 3.05) is 25.6 Å². The Balaban J connectivity index is 1.20. The maximum atomic E-state index is 16.0. The van der Waals surface area contributed by atoms with Crippen molar-refractivity contribution in [1.82, 2.24) is 34.1 Å². The largest absolute Gasteiger partial charge is 0.472 e. The molecule has 3 aliphatic heterocycles. The zero-order valence-electron chi connectivity index (χ0n) is 23.0. The zero-order valence-corrected chi connectivity index (χ0v) is 25.7. The summed E-state index contributed by atoms with van der Waals surface area (Å²) < 4.78 is 92.1. The second kappa shape index (κ2) is 11.7. The van der Waals surface area contributed by atoms with E-state index in [2.05, 4.69) is 37.2 Å². The predicted molar refractivity (Wildman–Crippen MR) is 151 cm³/mol. The SMILES string of the molecule is Nc1ncnc2c1ncn2[C@@H]1O[C@@H]2COP(=O)(O)O[C@@H]3[C@H](O)[C@@H](COP(=O)(S)OC[C@H]2[C@H]1F)O[C@H]3n1cc(F)c2c(=O)[nH]cnc21. The minimum absolute atomic E-state index is 0.0333. The maximum absolute atomic E-state index is 16.0. The molecule has 3 saturated heterocycles. The Morgan fingerprint density at radius 1 is 1.02 bits per heavy atom. The molecule has 0 saturated carbocycles. The summed E-state index contributed by atoms with van der Waals surface area (Å²) in [5, 5.41) is 10.6. The number of thiol groups is 1. The van der Waals surface area contributed by atoms with Crippen molar-refractivity contribution in [3.63, 3.8) is 0 Å². The van der Waals surface area contributed by atoms with E-state index < -0.39 is 100 Å². The average molecular weight is 708 g/mol. The van der Waals surface area contributed by atoms with Crippen molar-refractivity contribution < 1.29 is 55.5 Å². The summed E-state index contributed by atoms with van der Waals surface area (Å²) in [6, 6.07) is 0. The average Bonchev–Trinajstić information content (AvgIpc) is 3.74. The molecule has 46 heavy (non-hydrogen) atoms. The van der Waals surface area contributed by atoms with Crippen LogP contribution >= 0.6 is 26.9 Å². The summed E-state index contributed by atoms with van der Waals surface area (Å²) in [6.07, 6.45) is -7.00. The lowest BCUT2D eigenvalue weighted by Gasteiger charge is -2.26. The number of H-pyrrole nitrogens is 1. The monoisotopic (exact) mass is 708 g/mol. The van der Waals surface area contributed by atoms with Gasteiger partial charge in [-0.15, -0.1) is 0 Å². The van der Waals surface area contributed by atoms with Gasteiger partial charge in [-0.05, 0) is 0 Å². The molecule has 2 unspecified atom stereocenters. The van der Waals surface area contributed by atoms with Crippen LogP contribution in [-0.4, -0.2) is 94.5 Å². The third-order valence-electron chi connectivity index (χ3n) is 7.78. The number of hydrogen-bond acceptors (Lipinski definition) is 15. The van der Waals surface area contributed by atoms with Crippen molar-refractivity contribution in [2.45, 2.75) is 43.0 Å². The van der Waals surface area contributed by atoms with E-state index in [0.29, 0.717) is 0 Å². The number of rotatable bonds is 2. The van der Waals surface area contributed by atoms with E-state index in [-0.39, 0.29) is 22.6 Å². The fourth-order valence-electron chi connectivity index (χ4n) is 5.58. The van der Waals surface area contributed by atoms with E-state index in [4.69, 9.17) is 33.3 Å². The molecule has 5 N–H and O–H groups in total. The number of nitrogens with one attached hydrogen (secondary N) is 1. The van der Waals surface area contributed by atoms with Crippen LogP contribution in [0.15, 0.2) is 30.0 Å². The number of alkyl halides is 1. The highest BCUT2D eigenvalue weighted by Crippen LogP contribution is 2.56. The van der Waals surface area contributed by atoms with E-state index in [1.807, 2.05) is 0 Å². The van der Waals surface area contributed by atoms with Crippen molar-refractivity contribution >= 4 is 54.9 Å². The van der Waals surface area contributed by atoms with Gasteiger partial charge in [-0.3, -0.25) is 22.9 Å². The van der Waals surface area contributed by atoms with Gasteiger partial charge < -0.3 is 39.3 Å². The van der Waals surface area contributed by atoms with Crippen LogP contribution < -0.4 is 11.3 Å². The first-order chi connectivity index (χ1) is 21.8. The quantitative estimate of drug-likeness (QED) is 0.144. The van der Waals surface area contributed by atoms with Gasteiger partial charge in [0.15, 0.2) is 41.6 Å². The molecule has 24 heteroatoms. The van der Waals surface area contributed by atoms with Crippen LogP contribution in [0.3, 0.4) is 0 Å². The van der Waals surface area contributed by atoms with Crippen molar-refractivity contribution in [1.29, 1.82) is 0 Å². The maximum Gasteiger partial charge on any atom is 0.472 e. The fourth-order valence-corrected chi connectivity index (χ4v) is 7.69. The third kappa shape index (κ3) is 5.56. The zero-order chi connectivity index (χ0) is 32.5. The smallest absolute Gasteiger partial charge is 0.387 e. The normalized spacial score (nSPS) is 37.4. The number of ether oxygens (including phenoxy) is 2. The number of halogens is 2. The highest BCUT2D eigenvalue weighted by Gasteiger charge is 2.52. The Labute approximate surface area is 260 Å². The molecule has 7 rings (SSSR count). The number of phosphoric ester groups is 1. The predicted octanol–water partition coefficient (Wildman–Crippen LogP) is 0.983. The molecular formula is C22H24F2N8O11P2S. The van der Waals surface area contributed by atoms with Gasteiger partial charge in [0.05, 0.1) is 38.6 Å². The van der Waals surface area contributed by atoms with Gasteiger partial charge >= 0.3 is 14.6 Å². The lowest BCUT2D eigenvalue weighted by molar-refractivity contribution is -0.0543. The van der Waals surface area contributed by atoms with E-state index in [1.54, 1.807) is 0 Å². The van der Waals surface area contributed by atoms with Gasteiger partial charge in [0.1, 0.15) is 35.5 Å². The number of aliphatic hydroxyl groups excluding tert-OH is 1. The topological polar surface area (TPSA) is 250 Å². The first-order valence-corrected chi connectivity index (χ1v) is 17.6. The molecule has 0 spiro atoms. The van der Waals surface area contributed by atoms with Gasteiger partial charge in [0, 0.05) is 12.1 Å². The number of hydrogen-bond donors (Lipinski definition) is 5. The van der Waals surface area contributed by atoms with Gasteiger partial charge in [-0.25, -0.2) is 37.8 Å². The molecule has 0 aliphatic carbocycles. The highest BCUT2D eigenvalue weighted by molar-refractivity contribution is 8.44. The van der Waals surface area contributed by atoms with Crippen LogP contribution in [0.1, 0.15) is 12.5 Å². The lowest BCUT2D eigenvalue weighted by Crippen LogP contribution is -2.36. The Kier molecular flexibility index (Phi) is 8.04. The number of aliphatic hydroxyl groups is 1. The van der Waals surface area contributed by atoms with Gasteiger partial charge in [0.25, 0.3) is 5.56 Å². The van der Waals surface area contributed by atoms with Crippen LogP contribution in [0.2, 0.25) is 0 Å². The lowest BCUT2D eigenvalue weighted by atomic mass is 10.0. The van der Waals surface area contributed by atoms with E-state index in [1.165, 1.54) is 10.9 Å². The Bertz CT molecular complexity index is 1970. The van der Waals surface area contributed by atoms with Gasteiger partial charge in [-0.2, -0.15) is 0 Å². The molecule has 19 nitrogen and oxygen atoms in total. The van der Waals surface area contributed by atoms with Crippen LogP contribution in [0.5, 0.6) is 0 Å². The number of fused-ring (bicyclic) bond motifs is 5. The molecule has 2 bridgehead atoms. The summed E-state index contributed by atoms with van der Waals surface area (Å²) >= 11 is 3.95. The van der Waals surface area contributed by atoms with Crippen LogP contribution in [-0.2, 0) is 36.7 Å². The van der Waals surface area contributed by atoms with Crippen molar-refractivity contribution in [3.05, 3.63) is 41.3 Å². The number of aromatic amines is 1. The molecule has 0 radical (unpaired) electrons. The van der Waals surface area contributed by atoms with Crippen LogP contribution in [0, 0.1) is 11.7 Å². The highest BCUT2D eigenvalue weighted by atomic mass is 32.7. The van der Waals surface area contributed by atoms with Crippen LogP contribution in [0.25, 0.3) is 22.2 Å². The Morgan fingerprint density at radius 2 is 1.76 bits per heavy atom. The molecule has 10 atom stereocenters. The Morgan fingerprint density at radius 3 is 2.57 bits per heavy atom. The molecule has 4 aromatic heterocycles. The van der Waals surface area contributed by atoms with E-state index in [0.717, 1.165) is 23.4 Å². The minimum atomic E-state index is -5.13. The number of aromatic nitrogens is 7. The number of phosphoric acid groups is 1. The summed E-state index contributed by atoms with van der Waals surface area (Å²) in [6.45, 7) is -6.34. The number of nitrogen functional groups attached to an aromatic ring is 1. The second-order valence-electron chi connectivity index (χ2n) is 10.5. The summed E-state index contributed by atoms with van der Waals surface area (Å²) in [4.78, 5) is 41.1. The van der Waals surface area contributed by atoms with Crippen molar-refractivity contribution in [3.8, 4) is 0 Å². The summed E-state index contributed by atoms with van der Waals surface area (Å²) in [5.74, 6) is -2.24. The van der Waals surface area contributed by atoms with Crippen molar-refractivity contribution in [2.24, 2.45) is 5.92 Å². The molecule has 0 aromatic carbocycles. The molecule has 3 fully saturated rings. The van der Waals surface area contributed by atoms with E-state index >= 15 is 4.39 Å². The Hall–Kier alpha value is -2.88. The molecular weight excluding hydrogens is 684 g/mol. The van der Waals surface area contributed by atoms with Crippen LogP contribution in [0.4, 0.5) is 14.6 Å². The summed E-state index contributed by atoms with van der Waals surface area (Å²) in [5.41, 5.74) is 5.07. The number of nitrogens with zero attached hydrogens (tertiary/aromatic N) is 6. The van der Waals surface area contributed by atoms with E-state index in [9.17, 15) is 28.3 Å². The number of imidazole rings is 1. The van der Waals surface area contributed by atoms with Gasteiger partial charge in [-0.1, -0.05) is 12.2 Å². The van der Waals surface area contributed by atoms with Gasteiger partial charge in [0.2, 0.25) is 0 Å². The number of anilines is 1. The first kappa shape index (κ1) is 31.7. The molecule has 7 heterocycles. The second-order valence-corrected chi connectivity index (χ2v) is 14.9. The molecule has 248 valence electrons. The molecule has 4 aromatic rings. The minimum Gasteiger partial charge on any atom is -0.387 e. The summed E-state index contributed by atoms with van der Waals surface area (Å²) in [7, 11) is -5.13. The standard InChI is InChI=1S/C22H24F2N8O11P2S/c23-9-1-31(18-12(9)20(34)29-6-27-18)22-16-15(33)11(42-22)4-40-45(37,46)39-2-8-10(3-38-44(35,36)43-16)41-21(13(8)24)32-7-30-14-17(25)26-5-28-19(14)32/h1,5-8,10-11,13,15-16,21-22,33H,2-4H2,(H,35,36)(H,37,46)(H2,25,26,28)(H,27,29,34)/t8-,10-,11-,13-,15-,16-,21-,22-,45?/m1/s1.